The van der Waals surface area contributed by atoms with Gasteiger partial charge < -0.3 is 10.1 Å². The minimum atomic E-state index is -0.298. The van der Waals surface area contributed by atoms with Crippen LogP contribution in [-0.4, -0.2) is 28.5 Å². The van der Waals surface area contributed by atoms with E-state index in [1.807, 2.05) is 13.8 Å². The first-order valence-corrected chi connectivity index (χ1v) is 9.50. The van der Waals surface area contributed by atoms with Crippen LogP contribution in [0.4, 0.5) is 5.13 Å². The van der Waals surface area contributed by atoms with Crippen LogP contribution < -0.4 is 5.32 Å². The summed E-state index contributed by atoms with van der Waals surface area (Å²) in [4.78, 5) is 35.0. The number of hydrogen-bond donors (Lipinski definition) is 1. The molecule has 0 saturated heterocycles. The van der Waals surface area contributed by atoms with Gasteiger partial charge in [-0.3, -0.25) is 9.59 Å². The first-order valence-electron chi connectivity index (χ1n) is 7.87. The first-order chi connectivity index (χ1) is 11.5. The maximum absolute atomic E-state index is 12.2. The fourth-order valence-corrected chi connectivity index (χ4v) is 4.79. The zero-order valence-electron chi connectivity index (χ0n) is 13.8. The number of nitrogens with zero attached hydrogens (tertiary/aromatic N) is 2. The average molecular weight is 365 g/mol. The van der Waals surface area contributed by atoms with Gasteiger partial charge in [-0.2, -0.15) is 0 Å². The molecule has 1 aliphatic carbocycles. The van der Waals surface area contributed by atoms with Gasteiger partial charge in [-0.1, -0.05) is 0 Å². The number of hydrogen-bond acceptors (Lipinski definition) is 7. The molecule has 24 heavy (non-hydrogen) atoms. The Morgan fingerprint density at radius 2 is 2.08 bits per heavy atom. The predicted octanol–water partition coefficient (Wildman–Crippen LogP) is 2.99. The van der Waals surface area contributed by atoms with Crippen LogP contribution in [0.2, 0.25) is 0 Å². The van der Waals surface area contributed by atoms with E-state index in [0.717, 1.165) is 39.0 Å². The van der Waals surface area contributed by atoms with Gasteiger partial charge >= 0.3 is 5.97 Å². The lowest BCUT2D eigenvalue weighted by Gasteiger charge is -2.07. The molecule has 0 bridgehead atoms. The summed E-state index contributed by atoms with van der Waals surface area (Å²) in [5.41, 5.74) is 1.66. The lowest BCUT2D eigenvalue weighted by atomic mass is 10.1. The van der Waals surface area contributed by atoms with E-state index in [1.165, 1.54) is 22.7 Å². The van der Waals surface area contributed by atoms with Crippen molar-refractivity contribution in [3.8, 4) is 0 Å². The van der Waals surface area contributed by atoms with Gasteiger partial charge in [0.1, 0.15) is 5.92 Å². The Bertz CT molecular complexity index is 782. The number of esters is 1. The Labute approximate surface area is 148 Å². The van der Waals surface area contributed by atoms with E-state index in [0.29, 0.717) is 18.2 Å². The number of thiazole rings is 2. The Morgan fingerprint density at radius 1 is 1.29 bits per heavy atom. The summed E-state index contributed by atoms with van der Waals surface area (Å²) < 4.78 is 5.10. The number of amides is 1. The molecular weight excluding hydrogens is 346 g/mol. The van der Waals surface area contributed by atoms with Crippen LogP contribution in [0.3, 0.4) is 0 Å². The van der Waals surface area contributed by atoms with E-state index >= 15 is 0 Å². The largest absolute Gasteiger partial charge is 0.465 e. The summed E-state index contributed by atoms with van der Waals surface area (Å²) in [6, 6.07) is 0. The van der Waals surface area contributed by atoms with Crippen molar-refractivity contribution in [3.63, 3.8) is 0 Å². The summed E-state index contributed by atoms with van der Waals surface area (Å²) in [6.07, 6.45) is 1.84. The minimum Gasteiger partial charge on any atom is -0.465 e. The molecule has 2 heterocycles. The number of anilines is 1. The molecule has 8 heteroatoms. The van der Waals surface area contributed by atoms with Crippen LogP contribution in [-0.2, 0) is 27.2 Å². The highest BCUT2D eigenvalue weighted by molar-refractivity contribution is 7.16. The molecule has 0 saturated carbocycles. The summed E-state index contributed by atoms with van der Waals surface area (Å²) in [5.74, 6) is -0.634. The number of fused-ring (bicyclic) bond motifs is 1. The highest BCUT2D eigenvalue weighted by atomic mass is 32.1. The second-order valence-corrected chi connectivity index (χ2v) is 8.01. The third kappa shape index (κ3) is 3.49. The zero-order valence-corrected chi connectivity index (χ0v) is 15.5. The number of aryl methyl sites for hydroxylation is 3. The van der Waals surface area contributed by atoms with Crippen molar-refractivity contribution in [2.24, 2.45) is 0 Å². The lowest BCUT2D eigenvalue weighted by Crippen LogP contribution is -2.16. The maximum atomic E-state index is 12.2. The first kappa shape index (κ1) is 17.0. The molecule has 0 aliphatic heterocycles. The van der Waals surface area contributed by atoms with E-state index < -0.39 is 0 Å². The van der Waals surface area contributed by atoms with Crippen LogP contribution in [0.25, 0.3) is 0 Å². The molecule has 3 rings (SSSR count). The number of rotatable bonds is 5. The average Bonchev–Trinajstić information content (AvgIpc) is 3.14. The Morgan fingerprint density at radius 3 is 2.75 bits per heavy atom. The molecule has 0 unspecified atom stereocenters. The molecule has 0 fully saturated rings. The summed E-state index contributed by atoms with van der Waals surface area (Å²) in [5, 5.41) is 4.36. The van der Waals surface area contributed by atoms with Crippen LogP contribution in [0.5, 0.6) is 0 Å². The number of aromatic nitrogens is 2. The van der Waals surface area contributed by atoms with Gasteiger partial charge in [0.05, 0.1) is 29.4 Å². The highest BCUT2D eigenvalue weighted by Gasteiger charge is 2.33. The molecule has 0 spiro atoms. The molecular formula is C16H19N3O3S2. The van der Waals surface area contributed by atoms with Crippen LogP contribution in [0.15, 0.2) is 0 Å². The highest BCUT2D eigenvalue weighted by Crippen LogP contribution is 2.39. The molecule has 0 aromatic carbocycles. The quantitative estimate of drug-likeness (QED) is 0.824. The van der Waals surface area contributed by atoms with E-state index in [-0.39, 0.29) is 17.8 Å². The van der Waals surface area contributed by atoms with Crippen molar-refractivity contribution in [2.75, 3.05) is 11.9 Å². The molecule has 128 valence electrons. The van der Waals surface area contributed by atoms with Gasteiger partial charge in [0.25, 0.3) is 0 Å². The molecule has 1 amide bonds. The second kappa shape index (κ2) is 6.98. The van der Waals surface area contributed by atoms with Crippen molar-refractivity contribution < 1.29 is 14.3 Å². The van der Waals surface area contributed by atoms with Gasteiger partial charge in [0.2, 0.25) is 5.91 Å². The third-order valence-corrected chi connectivity index (χ3v) is 5.98. The van der Waals surface area contributed by atoms with Crippen LogP contribution in [0, 0.1) is 13.8 Å². The van der Waals surface area contributed by atoms with Gasteiger partial charge in [0.15, 0.2) is 5.13 Å². The molecule has 6 nitrogen and oxygen atoms in total. The molecule has 1 aliphatic rings. The minimum absolute atomic E-state index is 0.109. The van der Waals surface area contributed by atoms with Crippen LogP contribution in [0.1, 0.15) is 45.4 Å². The summed E-state index contributed by atoms with van der Waals surface area (Å²) >= 11 is 2.98. The molecule has 2 aromatic rings. The Kier molecular flexibility index (Phi) is 4.96. The lowest BCUT2D eigenvalue weighted by molar-refractivity contribution is -0.145. The number of ether oxygens (including phenoxy) is 1. The monoisotopic (exact) mass is 365 g/mol. The molecule has 1 atom stereocenters. The molecule has 2 aromatic heterocycles. The fourth-order valence-electron chi connectivity index (χ4n) is 2.80. The van der Waals surface area contributed by atoms with Crippen molar-refractivity contribution in [3.05, 3.63) is 26.1 Å². The van der Waals surface area contributed by atoms with Crippen molar-refractivity contribution in [1.82, 2.24) is 9.97 Å². The fraction of sp³-hybridized carbons (Fsp3) is 0.500. The predicted molar refractivity (Wildman–Crippen MR) is 93.7 cm³/mol. The van der Waals surface area contributed by atoms with Gasteiger partial charge in [0, 0.05) is 9.75 Å². The second-order valence-electron chi connectivity index (χ2n) is 5.64. The summed E-state index contributed by atoms with van der Waals surface area (Å²) in [6.45, 7) is 6.00. The van der Waals surface area contributed by atoms with Gasteiger partial charge in [-0.15, -0.1) is 22.7 Å². The number of carbonyl (C=O) groups excluding carboxylic acids is 2. The van der Waals surface area contributed by atoms with E-state index in [2.05, 4.69) is 15.3 Å². The van der Waals surface area contributed by atoms with Gasteiger partial charge in [-0.25, -0.2) is 9.97 Å². The topological polar surface area (TPSA) is 81.2 Å². The molecule has 0 radical (unpaired) electrons. The standard InChI is InChI=1S/C16H19N3O3S2/c1-4-22-15(21)10-5-6-11-14(10)19-16(24-11)18-13(20)7-12-8(2)17-9(3)23-12/h10H,4-7H2,1-3H3,(H,18,19,20)/t10-/m0/s1. The smallest absolute Gasteiger partial charge is 0.315 e. The van der Waals surface area contributed by atoms with E-state index in [4.69, 9.17) is 4.74 Å². The SMILES string of the molecule is CCOC(=O)[C@H]1CCc2sc(NC(=O)Cc3sc(C)nc3C)nc21. The van der Waals surface area contributed by atoms with Crippen molar-refractivity contribution in [2.45, 2.75) is 46.0 Å². The van der Waals surface area contributed by atoms with E-state index in [9.17, 15) is 9.59 Å². The Hall–Kier alpha value is -1.80. The normalized spacial score (nSPS) is 16.0. The van der Waals surface area contributed by atoms with Gasteiger partial charge in [-0.05, 0) is 33.6 Å². The zero-order chi connectivity index (χ0) is 17.3. The van der Waals surface area contributed by atoms with E-state index in [1.54, 1.807) is 6.92 Å². The number of nitrogens with one attached hydrogen (secondary N) is 1. The van der Waals surface area contributed by atoms with Crippen molar-refractivity contribution in [1.29, 1.82) is 0 Å². The summed E-state index contributed by atoms with van der Waals surface area (Å²) in [7, 11) is 0. The van der Waals surface area contributed by atoms with Crippen molar-refractivity contribution >= 4 is 39.7 Å². The molecule has 1 N–H and O–H groups in total. The maximum Gasteiger partial charge on any atom is 0.315 e. The number of carbonyl (C=O) groups is 2. The Balaban J connectivity index is 1.67. The third-order valence-electron chi connectivity index (χ3n) is 3.86. The van der Waals surface area contributed by atoms with Crippen LogP contribution >= 0.6 is 22.7 Å².